The molecule has 0 radical (unpaired) electrons. The molecule has 2 unspecified atom stereocenters. The SMILES string of the molecule is CC(C)(C)OCC(N)C1CCOC2(CCCCC2)C1. The molecule has 1 aliphatic heterocycles. The van der Waals surface area contributed by atoms with E-state index in [1.165, 1.54) is 32.1 Å². The molecule has 0 aromatic heterocycles. The molecule has 112 valence electrons. The van der Waals surface area contributed by atoms with Crippen LogP contribution in [-0.4, -0.2) is 30.5 Å². The first-order valence-electron chi connectivity index (χ1n) is 7.94. The third kappa shape index (κ3) is 4.44. The van der Waals surface area contributed by atoms with Gasteiger partial charge >= 0.3 is 0 Å². The van der Waals surface area contributed by atoms with Gasteiger partial charge in [0.1, 0.15) is 0 Å². The van der Waals surface area contributed by atoms with E-state index in [-0.39, 0.29) is 17.2 Å². The first kappa shape index (κ1) is 15.3. The third-order valence-electron chi connectivity index (χ3n) is 4.61. The number of hydrogen-bond acceptors (Lipinski definition) is 3. The summed E-state index contributed by atoms with van der Waals surface area (Å²) in [5, 5.41) is 0. The molecule has 2 N–H and O–H groups in total. The predicted octanol–water partition coefficient (Wildman–Crippen LogP) is 3.26. The van der Waals surface area contributed by atoms with E-state index >= 15 is 0 Å². The number of ether oxygens (including phenoxy) is 2. The quantitative estimate of drug-likeness (QED) is 0.855. The van der Waals surface area contributed by atoms with Crippen molar-refractivity contribution in [1.29, 1.82) is 0 Å². The van der Waals surface area contributed by atoms with E-state index in [1.807, 2.05) is 0 Å². The summed E-state index contributed by atoms with van der Waals surface area (Å²) in [6, 6.07) is 0.155. The average molecular weight is 269 g/mol. The van der Waals surface area contributed by atoms with Crippen LogP contribution < -0.4 is 5.73 Å². The van der Waals surface area contributed by atoms with Crippen molar-refractivity contribution in [3.8, 4) is 0 Å². The maximum absolute atomic E-state index is 6.37. The van der Waals surface area contributed by atoms with Crippen LogP contribution in [0.4, 0.5) is 0 Å². The molecule has 0 aromatic carbocycles. The molecule has 1 heterocycles. The van der Waals surface area contributed by atoms with Crippen molar-refractivity contribution >= 4 is 0 Å². The van der Waals surface area contributed by atoms with E-state index in [0.717, 1.165) is 19.4 Å². The van der Waals surface area contributed by atoms with E-state index in [9.17, 15) is 0 Å². The van der Waals surface area contributed by atoms with E-state index in [1.54, 1.807) is 0 Å². The Morgan fingerprint density at radius 3 is 2.58 bits per heavy atom. The molecular weight excluding hydrogens is 238 g/mol. The molecule has 0 bridgehead atoms. The Balaban J connectivity index is 1.86. The highest BCUT2D eigenvalue weighted by Gasteiger charge is 2.40. The zero-order chi connectivity index (χ0) is 13.9. The lowest BCUT2D eigenvalue weighted by molar-refractivity contribution is -0.125. The second kappa shape index (κ2) is 6.11. The Morgan fingerprint density at radius 1 is 1.26 bits per heavy atom. The lowest BCUT2D eigenvalue weighted by Crippen LogP contribution is -2.48. The summed E-state index contributed by atoms with van der Waals surface area (Å²) in [7, 11) is 0. The number of rotatable bonds is 3. The summed E-state index contributed by atoms with van der Waals surface area (Å²) in [5.41, 5.74) is 6.43. The summed E-state index contributed by atoms with van der Waals surface area (Å²) in [5.74, 6) is 0.564. The lowest BCUT2D eigenvalue weighted by atomic mass is 9.74. The topological polar surface area (TPSA) is 44.5 Å². The van der Waals surface area contributed by atoms with Crippen molar-refractivity contribution in [2.24, 2.45) is 11.7 Å². The fourth-order valence-electron chi connectivity index (χ4n) is 3.46. The minimum atomic E-state index is -0.0920. The van der Waals surface area contributed by atoms with Crippen molar-refractivity contribution in [2.45, 2.75) is 83.0 Å². The Hall–Kier alpha value is -0.120. The molecule has 2 rings (SSSR count). The average Bonchev–Trinajstić information content (AvgIpc) is 2.36. The largest absolute Gasteiger partial charge is 0.375 e. The molecule has 3 nitrogen and oxygen atoms in total. The molecule has 2 fully saturated rings. The summed E-state index contributed by atoms with van der Waals surface area (Å²) >= 11 is 0. The van der Waals surface area contributed by atoms with Crippen molar-refractivity contribution in [2.75, 3.05) is 13.2 Å². The van der Waals surface area contributed by atoms with Crippen LogP contribution in [-0.2, 0) is 9.47 Å². The minimum Gasteiger partial charge on any atom is -0.375 e. The molecule has 1 saturated heterocycles. The first-order chi connectivity index (χ1) is 8.90. The molecule has 2 aliphatic rings. The van der Waals surface area contributed by atoms with Gasteiger partial charge in [-0.3, -0.25) is 0 Å². The summed E-state index contributed by atoms with van der Waals surface area (Å²) < 4.78 is 12.0. The van der Waals surface area contributed by atoms with E-state index < -0.39 is 0 Å². The first-order valence-corrected chi connectivity index (χ1v) is 7.94. The van der Waals surface area contributed by atoms with Crippen molar-refractivity contribution < 1.29 is 9.47 Å². The van der Waals surface area contributed by atoms with Gasteiger partial charge in [-0.2, -0.15) is 0 Å². The zero-order valence-electron chi connectivity index (χ0n) is 12.9. The van der Waals surface area contributed by atoms with Gasteiger partial charge in [0.05, 0.1) is 17.8 Å². The van der Waals surface area contributed by atoms with E-state index in [0.29, 0.717) is 12.5 Å². The van der Waals surface area contributed by atoms with Gasteiger partial charge in [-0.05, 0) is 52.4 Å². The molecule has 0 aromatic rings. The fraction of sp³-hybridized carbons (Fsp3) is 1.00. The van der Waals surface area contributed by atoms with Crippen LogP contribution in [0.5, 0.6) is 0 Å². The van der Waals surface area contributed by atoms with Gasteiger partial charge in [0.25, 0.3) is 0 Å². The normalized spacial score (nSPS) is 29.4. The molecule has 0 amide bonds. The van der Waals surface area contributed by atoms with Crippen LogP contribution in [0.15, 0.2) is 0 Å². The number of hydrogen-bond donors (Lipinski definition) is 1. The maximum atomic E-state index is 6.37. The highest BCUT2D eigenvalue weighted by molar-refractivity contribution is 4.92. The second-order valence-electron chi connectivity index (χ2n) is 7.43. The summed E-state index contributed by atoms with van der Waals surface area (Å²) in [6.45, 7) is 7.82. The van der Waals surface area contributed by atoms with Crippen LogP contribution in [0, 0.1) is 5.92 Å². The Morgan fingerprint density at radius 2 is 1.95 bits per heavy atom. The molecule has 19 heavy (non-hydrogen) atoms. The molecule has 1 spiro atoms. The summed E-state index contributed by atoms with van der Waals surface area (Å²) in [6.07, 6.45) is 8.71. The molecule has 2 atom stereocenters. The van der Waals surface area contributed by atoms with Gasteiger partial charge in [-0.1, -0.05) is 19.3 Å². The predicted molar refractivity (Wildman–Crippen MR) is 78.2 cm³/mol. The lowest BCUT2D eigenvalue weighted by Gasteiger charge is -2.45. The summed E-state index contributed by atoms with van der Waals surface area (Å²) in [4.78, 5) is 0. The zero-order valence-corrected chi connectivity index (χ0v) is 12.9. The van der Waals surface area contributed by atoms with E-state index in [2.05, 4.69) is 20.8 Å². The number of nitrogens with two attached hydrogens (primary N) is 1. The van der Waals surface area contributed by atoms with Gasteiger partial charge in [-0.15, -0.1) is 0 Å². The van der Waals surface area contributed by atoms with Crippen molar-refractivity contribution in [1.82, 2.24) is 0 Å². The molecular formula is C16H31NO2. The Kier molecular flexibility index (Phi) is 4.91. The highest BCUT2D eigenvalue weighted by Crippen LogP contribution is 2.41. The Labute approximate surface area is 118 Å². The van der Waals surface area contributed by atoms with Gasteiger partial charge in [-0.25, -0.2) is 0 Å². The molecule has 1 saturated carbocycles. The van der Waals surface area contributed by atoms with Crippen LogP contribution in [0.3, 0.4) is 0 Å². The second-order valence-corrected chi connectivity index (χ2v) is 7.43. The Bertz CT molecular complexity index is 273. The smallest absolute Gasteiger partial charge is 0.0685 e. The molecule has 1 aliphatic carbocycles. The van der Waals surface area contributed by atoms with E-state index in [4.69, 9.17) is 15.2 Å². The monoisotopic (exact) mass is 269 g/mol. The molecule has 3 heteroatoms. The van der Waals surface area contributed by atoms with Crippen LogP contribution >= 0.6 is 0 Å². The maximum Gasteiger partial charge on any atom is 0.0685 e. The fourth-order valence-corrected chi connectivity index (χ4v) is 3.46. The van der Waals surface area contributed by atoms with Gasteiger partial charge in [0, 0.05) is 12.6 Å². The van der Waals surface area contributed by atoms with Crippen molar-refractivity contribution in [3.05, 3.63) is 0 Å². The van der Waals surface area contributed by atoms with Gasteiger partial charge in [0.2, 0.25) is 0 Å². The van der Waals surface area contributed by atoms with Crippen LogP contribution in [0.25, 0.3) is 0 Å². The van der Waals surface area contributed by atoms with Crippen LogP contribution in [0.2, 0.25) is 0 Å². The van der Waals surface area contributed by atoms with Gasteiger partial charge < -0.3 is 15.2 Å². The standard InChI is InChI=1S/C16H31NO2/c1-15(2,3)19-12-14(17)13-7-10-18-16(11-13)8-5-4-6-9-16/h13-14H,4-12,17H2,1-3H3. The van der Waals surface area contributed by atoms with Crippen molar-refractivity contribution in [3.63, 3.8) is 0 Å². The third-order valence-corrected chi connectivity index (χ3v) is 4.61. The highest BCUT2D eigenvalue weighted by atomic mass is 16.5. The van der Waals surface area contributed by atoms with Crippen LogP contribution in [0.1, 0.15) is 65.7 Å². The minimum absolute atomic E-state index is 0.0920. The van der Waals surface area contributed by atoms with Gasteiger partial charge in [0.15, 0.2) is 0 Å².